The topological polar surface area (TPSA) is 35.8 Å². The first-order valence-corrected chi connectivity index (χ1v) is 6.26. The van der Waals surface area contributed by atoms with E-state index in [9.17, 15) is 5.26 Å². The molecule has 0 amide bonds. The molecular formula is C15H22N2. The third-order valence-corrected chi connectivity index (χ3v) is 2.90. The van der Waals surface area contributed by atoms with Crippen molar-refractivity contribution >= 4 is 0 Å². The molecule has 1 N–H and O–H groups in total. The van der Waals surface area contributed by atoms with Crippen LogP contribution in [0, 0.1) is 17.2 Å². The Kier molecular flexibility index (Phi) is 5.18. The molecule has 1 unspecified atom stereocenters. The zero-order valence-corrected chi connectivity index (χ0v) is 11.0. The van der Waals surface area contributed by atoms with Gasteiger partial charge >= 0.3 is 0 Å². The van der Waals surface area contributed by atoms with Crippen molar-refractivity contribution < 1.29 is 0 Å². The summed E-state index contributed by atoms with van der Waals surface area (Å²) in [7, 11) is 0. The van der Waals surface area contributed by atoms with E-state index in [0.29, 0.717) is 5.92 Å². The smallest absolute Gasteiger partial charge is 0.104 e. The van der Waals surface area contributed by atoms with Crippen LogP contribution in [0.5, 0.6) is 0 Å². The fraction of sp³-hybridized carbons (Fsp3) is 0.533. The van der Waals surface area contributed by atoms with E-state index in [4.69, 9.17) is 0 Å². The molecule has 0 aliphatic carbocycles. The third-order valence-electron chi connectivity index (χ3n) is 2.90. The Morgan fingerprint density at radius 3 is 2.47 bits per heavy atom. The number of aryl methyl sites for hydroxylation is 1. The van der Waals surface area contributed by atoms with Crippen molar-refractivity contribution in [3.05, 3.63) is 35.9 Å². The fourth-order valence-corrected chi connectivity index (χ4v) is 1.65. The summed E-state index contributed by atoms with van der Waals surface area (Å²) in [4.78, 5) is 0. The van der Waals surface area contributed by atoms with Gasteiger partial charge in [0.15, 0.2) is 0 Å². The molecule has 1 aromatic carbocycles. The fourth-order valence-electron chi connectivity index (χ4n) is 1.65. The number of nitrogens with zero attached hydrogens (tertiary/aromatic N) is 1. The van der Waals surface area contributed by atoms with Gasteiger partial charge in [0, 0.05) is 0 Å². The van der Waals surface area contributed by atoms with E-state index < -0.39 is 5.54 Å². The predicted molar refractivity (Wildman–Crippen MR) is 71.6 cm³/mol. The summed E-state index contributed by atoms with van der Waals surface area (Å²) in [5.41, 5.74) is 0.875. The van der Waals surface area contributed by atoms with Crippen LogP contribution < -0.4 is 5.32 Å². The molecule has 0 heterocycles. The lowest BCUT2D eigenvalue weighted by molar-refractivity contribution is 0.389. The Labute approximate surface area is 105 Å². The van der Waals surface area contributed by atoms with E-state index in [2.05, 4.69) is 37.4 Å². The van der Waals surface area contributed by atoms with Gasteiger partial charge in [0.2, 0.25) is 0 Å². The molecular weight excluding hydrogens is 208 g/mol. The molecule has 17 heavy (non-hydrogen) atoms. The van der Waals surface area contributed by atoms with E-state index in [1.54, 1.807) is 0 Å². The maximum absolute atomic E-state index is 9.26. The molecule has 0 fully saturated rings. The van der Waals surface area contributed by atoms with Gasteiger partial charge in [0.05, 0.1) is 6.07 Å². The normalized spacial score (nSPS) is 14.3. The van der Waals surface area contributed by atoms with Crippen LogP contribution in [-0.4, -0.2) is 12.1 Å². The van der Waals surface area contributed by atoms with Gasteiger partial charge in [0.25, 0.3) is 0 Å². The molecule has 0 saturated heterocycles. The number of hydrogen-bond donors (Lipinski definition) is 1. The lowest BCUT2D eigenvalue weighted by Crippen LogP contribution is -2.43. The predicted octanol–water partition coefficient (Wildman–Crippen LogP) is 3.15. The Balaban J connectivity index is 2.49. The molecule has 2 nitrogen and oxygen atoms in total. The summed E-state index contributed by atoms with van der Waals surface area (Å²) < 4.78 is 0. The summed E-state index contributed by atoms with van der Waals surface area (Å²) >= 11 is 0. The Hall–Kier alpha value is -1.33. The van der Waals surface area contributed by atoms with E-state index in [1.165, 1.54) is 5.56 Å². The lowest BCUT2D eigenvalue weighted by atomic mass is 9.94. The van der Waals surface area contributed by atoms with Crippen molar-refractivity contribution in [2.45, 2.75) is 39.2 Å². The van der Waals surface area contributed by atoms with Gasteiger partial charge < -0.3 is 0 Å². The second kappa shape index (κ2) is 6.42. The highest BCUT2D eigenvalue weighted by Crippen LogP contribution is 2.14. The maximum Gasteiger partial charge on any atom is 0.104 e. The number of hydrogen-bond acceptors (Lipinski definition) is 2. The van der Waals surface area contributed by atoms with E-state index in [1.807, 2.05) is 25.1 Å². The van der Waals surface area contributed by atoms with Crippen LogP contribution >= 0.6 is 0 Å². The highest BCUT2D eigenvalue weighted by atomic mass is 15.0. The molecule has 0 aliphatic rings. The number of nitrogens with one attached hydrogen (secondary N) is 1. The van der Waals surface area contributed by atoms with Crippen LogP contribution in [0.4, 0.5) is 0 Å². The van der Waals surface area contributed by atoms with Gasteiger partial charge in [-0.05, 0) is 37.8 Å². The summed E-state index contributed by atoms with van der Waals surface area (Å²) in [6.07, 6.45) is 1.79. The van der Waals surface area contributed by atoms with Gasteiger partial charge in [-0.3, -0.25) is 5.32 Å². The average molecular weight is 230 g/mol. The first-order chi connectivity index (χ1) is 8.06. The molecule has 92 valence electrons. The van der Waals surface area contributed by atoms with Crippen molar-refractivity contribution in [2.24, 2.45) is 5.92 Å². The number of nitriles is 1. The highest BCUT2D eigenvalue weighted by molar-refractivity contribution is 5.16. The van der Waals surface area contributed by atoms with Gasteiger partial charge in [-0.1, -0.05) is 44.2 Å². The Morgan fingerprint density at radius 1 is 1.29 bits per heavy atom. The van der Waals surface area contributed by atoms with Crippen molar-refractivity contribution in [1.82, 2.24) is 5.32 Å². The molecule has 0 radical (unpaired) electrons. The van der Waals surface area contributed by atoms with Crippen LogP contribution in [0.2, 0.25) is 0 Å². The van der Waals surface area contributed by atoms with Crippen LogP contribution in [0.25, 0.3) is 0 Å². The largest absolute Gasteiger partial charge is 0.299 e. The standard InChI is InChI=1S/C15H22N2/c1-13(2)11-17-15(3,12-16)10-9-14-7-5-4-6-8-14/h4-8,13,17H,9-11H2,1-3H3. The van der Waals surface area contributed by atoms with Crippen LogP contribution in [0.1, 0.15) is 32.8 Å². The van der Waals surface area contributed by atoms with Crippen LogP contribution in [-0.2, 0) is 6.42 Å². The maximum atomic E-state index is 9.26. The summed E-state index contributed by atoms with van der Waals surface area (Å²) in [6, 6.07) is 12.7. The molecule has 1 rings (SSSR count). The molecule has 1 aromatic rings. The minimum atomic E-state index is -0.417. The third kappa shape index (κ3) is 5.01. The molecule has 2 heteroatoms. The molecule has 0 aliphatic heterocycles. The zero-order chi connectivity index (χ0) is 12.7. The number of benzene rings is 1. The summed E-state index contributed by atoms with van der Waals surface area (Å²) in [6.45, 7) is 7.18. The SMILES string of the molecule is CC(C)CNC(C)(C#N)CCc1ccccc1. The van der Waals surface area contributed by atoms with Crippen molar-refractivity contribution in [3.8, 4) is 6.07 Å². The van der Waals surface area contributed by atoms with Crippen molar-refractivity contribution in [2.75, 3.05) is 6.54 Å². The lowest BCUT2D eigenvalue weighted by Gasteiger charge is -2.24. The van der Waals surface area contributed by atoms with Crippen LogP contribution in [0.3, 0.4) is 0 Å². The Morgan fingerprint density at radius 2 is 1.94 bits per heavy atom. The van der Waals surface area contributed by atoms with E-state index in [-0.39, 0.29) is 0 Å². The second-order valence-corrected chi connectivity index (χ2v) is 5.20. The summed E-state index contributed by atoms with van der Waals surface area (Å²) in [5.74, 6) is 0.569. The van der Waals surface area contributed by atoms with Gasteiger partial charge in [-0.2, -0.15) is 5.26 Å². The zero-order valence-electron chi connectivity index (χ0n) is 11.0. The van der Waals surface area contributed by atoms with Gasteiger partial charge in [0.1, 0.15) is 5.54 Å². The number of rotatable bonds is 6. The summed E-state index contributed by atoms with van der Waals surface area (Å²) in [5, 5.41) is 12.6. The molecule has 1 atom stereocenters. The van der Waals surface area contributed by atoms with Crippen molar-refractivity contribution in [3.63, 3.8) is 0 Å². The Bertz CT molecular complexity index is 364. The van der Waals surface area contributed by atoms with Gasteiger partial charge in [-0.25, -0.2) is 0 Å². The average Bonchev–Trinajstić information content (AvgIpc) is 2.35. The molecule has 0 saturated carbocycles. The molecule has 0 aromatic heterocycles. The highest BCUT2D eigenvalue weighted by Gasteiger charge is 2.22. The first-order valence-electron chi connectivity index (χ1n) is 6.26. The van der Waals surface area contributed by atoms with Gasteiger partial charge in [-0.15, -0.1) is 0 Å². The molecule has 0 spiro atoms. The van der Waals surface area contributed by atoms with Crippen molar-refractivity contribution in [1.29, 1.82) is 5.26 Å². The monoisotopic (exact) mass is 230 g/mol. The minimum Gasteiger partial charge on any atom is -0.299 e. The first kappa shape index (κ1) is 13.7. The minimum absolute atomic E-state index is 0.417. The van der Waals surface area contributed by atoms with Crippen LogP contribution in [0.15, 0.2) is 30.3 Å². The molecule has 0 bridgehead atoms. The quantitative estimate of drug-likeness (QED) is 0.815. The van der Waals surface area contributed by atoms with E-state index in [0.717, 1.165) is 19.4 Å². The van der Waals surface area contributed by atoms with E-state index >= 15 is 0 Å². The second-order valence-electron chi connectivity index (χ2n) is 5.20.